The Balaban J connectivity index is 2.04. The van der Waals surface area contributed by atoms with Crippen LogP contribution in [0.1, 0.15) is 19.4 Å². The van der Waals surface area contributed by atoms with E-state index in [1.165, 1.54) is 17.0 Å². The van der Waals surface area contributed by atoms with Crippen LogP contribution in [0.3, 0.4) is 0 Å². The van der Waals surface area contributed by atoms with E-state index >= 15 is 0 Å². The normalized spacial score (nSPS) is 15.3. The molecule has 0 bridgehead atoms. The lowest BCUT2D eigenvalue weighted by Crippen LogP contribution is -2.54. The first kappa shape index (κ1) is 23.1. The van der Waals surface area contributed by atoms with Gasteiger partial charge in [0.1, 0.15) is 11.3 Å². The van der Waals surface area contributed by atoms with E-state index < -0.39 is 11.8 Å². The number of amides is 2. The van der Waals surface area contributed by atoms with Crippen LogP contribution in [-0.2, 0) is 9.59 Å². The number of rotatable bonds is 6. The van der Waals surface area contributed by atoms with Gasteiger partial charge in [-0.1, -0.05) is 23.2 Å². The van der Waals surface area contributed by atoms with E-state index in [2.05, 4.69) is 24.1 Å². The SMILES string of the molecule is CCN(CC)c1ccc(C=C2C(=O)NC(=S)N(c3ccc(Cl)cc3Cl)C2=O)c(OC)c1. The molecule has 1 saturated heterocycles. The first-order chi connectivity index (χ1) is 14.8. The van der Waals surface area contributed by atoms with Crippen LogP contribution in [-0.4, -0.2) is 37.1 Å². The lowest BCUT2D eigenvalue weighted by molar-refractivity contribution is -0.122. The van der Waals surface area contributed by atoms with Crippen molar-refractivity contribution in [2.24, 2.45) is 0 Å². The predicted molar refractivity (Wildman–Crippen MR) is 129 cm³/mol. The van der Waals surface area contributed by atoms with Crippen molar-refractivity contribution >= 4 is 69.8 Å². The van der Waals surface area contributed by atoms with Crippen LogP contribution in [0.2, 0.25) is 10.0 Å². The van der Waals surface area contributed by atoms with Gasteiger partial charge in [0.2, 0.25) is 0 Å². The molecule has 162 valence electrons. The second-order valence-corrected chi connectivity index (χ2v) is 7.88. The summed E-state index contributed by atoms with van der Waals surface area (Å²) in [7, 11) is 1.54. The lowest BCUT2D eigenvalue weighted by atomic mass is 10.1. The largest absolute Gasteiger partial charge is 0.496 e. The maximum atomic E-state index is 13.2. The monoisotopic (exact) mass is 477 g/mol. The van der Waals surface area contributed by atoms with Crippen LogP contribution in [0.4, 0.5) is 11.4 Å². The van der Waals surface area contributed by atoms with Gasteiger partial charge in [-0.3, -0.25) is 19.8 Å². The summed E-state index contributed by atoms with van der Waals surface area (Å²) in [4.78, 5) is 29.2. The number of benzene rings is 2. The Morgan fingerprint density at radius 1 is 1.13 bits per heavy atom. The van der Waals surface area contributed by atoms with E-state index in [4.69, 9.17) is 40.2 Å². The maximum Gasteiger partial charge on any atom is 0.270 e. The van der Waals surface area contributed by atoms with Crippen molar-refractivity contribution in [3.63, 3.8) is 0 Å². The van der Waals surface area contributed by atoms with Gasteiger partial charge >= 0.3 is 0 Å². The van der Waals surface area contributed by atoms with Crippen molar-refractivity contribution in [3.05, 3.63) is 57.6 Å². The van der Waals surface area contributed by atoms with E-state index in [-0.39, 0.29) is 15.7 Å². The summed E-state index contributed by atoms with van der Waals surface area (Å²) < 4.78 is 5.51. The molecule has 1 heterocycles. The van der Waals surface area contributed by atoms with Gasteiger partial charge in [0.15, 0.2) is 5.11 Å². The molecule has 0 saturated carbocycles. The number of nitrogens with zero attached hydrogens (tertiary/aromatic N) is 2. The number of nitrogens with one attached hydrogen (secondary N) is 1. The first-order valence-corrected chi connectivity index (χ1v) is 10.8. The summed E-state index contributed by atoms with van der Waals surface area (Å²) in [6.07, 6.45) is 1.49. The Kier molecular flexibility index (Phi) is 7.20. The number of halogens is 2. The fourth-order valence-corrected chi connectivity index (χ4v) is 4.07. The second-order valence-electron chi connectivity index (χ2n) is 6.65. The third kappa shape index (κ3) is 4.69. The number of carbonyl (C=O) groups is 2. The minimum atomic E-state index is -0.591. The summed E-state index contributed by atoms with van der Waals surface area (Å²) in [5.41, 5.74) is 1.82. The van der Waals surface area contributed by atoms with Gasteiger partial charge in [0, 0.05) is 35.4 Å². The van der Waals surface area contributed by atoms with Gasteiger partial charge in [0.05, 0.1) is 17.8 Å². The Morgan fingerprint density at radius 2 is 1.84 bits per heavy atom. The minimum absolute atomic E-state index is 0.0554. The maximum absolute atomic E-state index is 13.2. The number of carbonyl (C=O) groups excluding carboxylic acids is 2. The Hall–Kier alpha value is -2.61. The van der Waals surface area contributed by atoms with Gasteiger partial charge in [-0.25, -0.2) is 0 Å². The predicted octanol–water partition coefficient (Wildman–Crippen LogP) is 4.68. The Labute approximate surface area is 196 Å². The van der Waals surface area contributed by atoms with E-state index in [0.717, 1.165) is 18.8 Å². The van der Waals surface area contributed by atoms with Gasteiger partial charge < -0.3 is 9.64 Å². The smallest absolute Gasteiger partial charge is 0.270 e. The van der Waals surface area contributed by atoms with Gasteiger partial charge in [-0.2, -0.15) is 0 Å². The molecule has 2 amide bonds. The lowest BCUT2D eigenvalue weighted by Gasteiger charge is -2.29. The Morgan fingerprint density at radius 3 is 2.45 bits per heavy atom. The van der Waals surface area contributed by atoms with Crippen LogP contribution in [0.25, 0.3) is 6.08 Å². The number of thiocarbonyl (C=S) groups is 1. The van der Waals surface area contributed by atoms with Crippen LogP contribution in [0.15, 0.2) is 42.0 Å². The molecule has 9 heteroatoms. The molecule has 0 atom stereocenters. The molecule has 0 spiro atoms. The van der Waals surface area contributed by atoms with Crippen LogP contribution in [0, 0.1) is 0 Å². The molecular weight excluding hydrogens is 457 g/mol. The molecule has 0 unspecified atom stereocenters. The molecule has 1 fully saturated rings. The molecule has 2 aromatic rings. The van der Waals surface area contributed by atoms with Crippen molar-refractivity contribution in [3.8, 4) is 5.75 Å². The molecule has 31 heavy (non-hydrogen) atoms. The highest BCUT2D eigenvalue weighted by molar-refractivity contribution is 7.80. The molecule has 1 aliphatic heterocycles. The summed E-state index contributed by atoms with van der Waals surface area (Å²) in [5.74, 6) is -0.638. The average Bonchev–Trinajstić information content (AvgIpc) is 2.74. The van der Waals surface area contributed by atoms with Crippen molar-refractivity contribution in [2.45, 2.75) is 13.8 Å². The van der Waals surface area contributed by atoms with Crippen molar-refractivity contribution < 1.29 is 14.3 Å². The molecule has 1 aliphatic rings. The highest BCUT2D eigenvalue weighted by atomic mass is 35.5. The Bertz CT molecular complexity index is 1080. The molecule has 2 aromatic carbocycles. The topological polar surface area (TPSA) is 61.9 Å². The summed E-state index contributed by atoms with van der Waals surface area (Å²) in [6, 6.07) is 10.3. The van der Waals surface area contributed by atoms with Gasteiger partial charge in [-0.15, -0.1) is 0 Å². The van der Waals surface area contributed by atoms with E-state index in [1.54, 1.807) is 19.2 Å². The average molecular weight is 478 g/mol. The quantitative estimate of drug-likeness (QED) is 0.371. The summed E-state index contributed by atoms with van der Waals surface area (Å²) in [5, 5.41) is 3.14. The third-order valence-electron chi connectivity index (χ3n) is 4.90. The fourth-order valence-electron chi connectivity index (χ4n) is 3.30. The van der Waals surface area contributed by atoms with Crippen LogP contribution >= 0.6 is 35.4 Å². The van der Waals surface area contributed by atoms with E-state index in [0.29, 0.717) is 22.0 Å². The van der Waals surface area contributed by atoms with Crippen LogP contribution < -0.4 is 19.9 Å². The van der Waals surface area contributed by atoms with Crippen molar-refractivity contribution in [1.29, 1.82) is 0 Å². The number of hydrogen-bond donors (Lipinski definition) is 1. The highest BCUT2D eigenvalue weighted by Crippen LogP contribution is 2.33. The zero-order chi connectivity index (χ0) is 22.7. The molecule has 0 aromatic heterocycles. The molecule has 6 nitrogen and oxygen atoms in total. The van der Waals surface area contributed by atoms with E-state index in [1.807, 2.05) is 18.2 Å². The van der Waals surface area contributed by atoms with Gasteiger partial charge in [-0.05, 0) is 62.5 Å². The van der Waals surface area contributed by atoms with Gasteiger partial charge in [0.25, 0.3) is 11.8 Å². The molecule has 3 rings (SSSR count). The minimum Gasteiger partial charge on any atom is -0.496 e. The molecule has 0 radical (unpaired) electrons. The molecule has 0 aliphatic carbocycles. The molecule has 1 N–H and O–H groups in total. The number of hydrogen-bond acceptors (Lipinski definition) is 5. The first-order valence-electron chi connectivity index (χ1n) is 9.60. The number of ether oxygens (including phenoxy) is 1. The van der Waals surface area contributed by atoms with E-state index in [9.17, 15) is 9.59 Å². The fraction of sp³-hybridized carbons (Fsp3) is 0.227. The summed E-state index contributed by atoms with van der Waals surface area (Å²) in [6.45, 7) is 5.82. The zero-order valence-electron chi connectivity index (χ0n) is 17.2. The van der Waals surface area contributed by atoms with Crippen molar-refractivity contribution in [1.82, 2.24) is 5.32 Å². The zero-order valence-corrected chi connectivity index (χ0v) is 19.6. The van der Waals surface area contributed by atoms with Crippen LogP contribution in [0.5, 0.6) is 5.75 Å². The summed E-state index contributed by atoms with van der Waals surface area (Å²) >= 11 is 17.4. The standard InChI is InChI=1S/C22H21Cl2N3O3S/c1-4-26(5-2)15-8-6-13(19(12-15)30-3)10-16-20(28)25-22(31)27(21(16)29)18-9-7-14(23)11-17(18)24/h6-12H,4-5H2,1-3H3,(H,25,28,31). The second kappa shape index (κ2) is 9.68. The number of methoxy groups -OCH3 is 1. The van der Waals surface area contributed by atoms with Crippen molar-refractivity contribution in [2.75, 3.05) is 30.0 Å². The third-order valence-corrected chi connectivity index (χ3v) is 5.72. The highest BCUT2D eigenvalue weighted by Gasteiger charge is 2.35. The number of anilines is 2. The molecular formula is C22H21Cl2N3O3S.